The van der Waals surface area contributed by atoms with Gasteiger partial charge in [0.05, 0.1) is 17.6 Å². The van der Waals surface area contributed by atoms with E-state index < -0.39 is 17.6 Å². The van der Waals surface area contributed by atoms with Crippen molar-refractivity contribution in [1.82, 2.24) is 15.2 Å². The third kappa shape index (κ3) is 3.48. The number of rotatable bonds is 3. The van der Waals surface area contributed by atoms with Crippen molar-refractivity contribution < 1.29 is 18.0 Å². The van der Waals surface area contributed by atoms with Crippen molar-refractivity contribution in [2.24, 2.45) is 5.84 Å². The number of hydrazine groups is 1. The molecular weight excluding hydrogens is 392 g/mol. The van der Waals surface area contributed by atoms with Gasteiger partial charge >= 0.3 is 6.18 Å². The summed E-state index contributed by atoms with van der Waals surface area (Å²) in [5.41, 5.74) is 1.71. The molecule has 0 unspecified atom stereocenters. The quantitative estimate of drug-likeness (QED) is 0.394. The van der Waals surface area contributed by atoms with Crippen LogP contribution >= 0.6 is 23.2 Å². The van der Waals surface area contributed by atoms with Crippen molar-refractivity contribution in [3.05, 3.63) is 63.3 Å². The number of hydrogen-bond acceptors (Lipinski definition) is 3. The van der Waals surface area contributed by atoms with E-state index in [0.717, 1.165) is 12.1 Å². The van der Waals surface area contributed by atoms with Gasteiger partial charge in [0, 0.05) is 15.4 Å². The molecular formula is C16H11Cl2F3N4O. The Morgan fingerprint density at radius 3 is 2.54 bits per heavy atom. The topological polar surface area (TPSA) is 72.9 Å². The molecule has 0 radical (unpaired) electrons. The molecule has 1 amide bonds. The maximum Gasteiger partial charge on any atom is 0.416 e. The molecule has 136 valence electrons. The van der Waals surface area contributed by atoms with E-state index in [1.54, 1.807) is 12.1 Å². The van der Waals surface area contributed by atoms with Crippen LogP contribution in [0.3, 0.4) is 0 Å². The van der Waals surface area contributed by atoms with E-state index in [0.29, 0.717) is 15.6 Å². The lowest BCUT2D eigenvalue weighted by molar-refractivity contribution is -0.137. The van der Waals surface area contributed by atoms with E-state index in [1.165, 1.54) is 16.8 Å². The summed E-state index contributed by atoms with van der Waals surface area (Å²) in [5.74, 6) is 4.42. The van der Waals surface area contributed by atoms with Crippen LogP contribution in [0.25, 0.3) is 10.9 Å². The minimum atomic E-state index is -4.53. The van der Waals surface area contributed by atoms with Gasteiger partial charge in [-0.2, -0.15) is 18.3 Å². The molecule has 0 bridgehead atoms. The summed E-state index contributed by atoms with van der Waals surface area (Å²) in [6.45, 7) is 0.0473. The van der Waals surface area contributed by atoms with Crippen LogP contribution in [0.2, 0.25) is 10.0 Å². The number of nitrogens with one attached hydrogen (secondary N) is 1. The molecule has 3 rings (SSSR count). The zero-order chi connectivity index (χ0) is 19.1. The number of fused-ring (bicyclic) bond motifs is 1. The first-order valence-corrected chi connectivity index (χ1v) is 7.99. The average molecular weight is 403 g/mol. The fourth-order valence-electron chi connectivity index (χ4n) is 2.52. The van der Waals surface area contributed by atoms with Gasteiger partial charge in [-0.15, -0.1) is 0 Å². The molecule has 3 N–H and O–H groups in total. The molecule has 10 heteroatoms. The first-order chi connectivity index (χ1) is 12.2. The van der Waals surface area contributed by atoms with Crippen molar-refractivity contribution in [3.8, 4) is 0 Å². The number of alkyl halides is 3. The number of hydrogen-bond donors (Lipinski definition) is 2. The van der Waals surface area contributed by atoms with Crippen molar-refractivity contribution in [2.75, 3.05) is 0 Å². The number of carbonyl (C=O) groups excluding carboxylic acids is 1. The van der Waals surface area contributed by atoms with Crippen LogP contribution in [0, 0.1) is 0 Å². The molecule has 1 aromatic heterocycles. The zero-order valence-electron chi connectivity index (χ0n) is 12.9. The molecule has 0 aliphatic carbocycles. The number of nitrogens with zero attached hydrogens (tertiary/aromatic N) is 2. The summed E-state index contributed by atoms with van der Waals surface area (Å²) < 4.78 is 40.4. The van der Waals surface area contributed by atoms with Crippen molar-refractivity contribution >= 4 is 40.0 Å². The zero-order valence-corrected chi connectivity index (χ0v) is 14.5. The maximum atomic E-state index is 13.0. The Hall–Kier alpha value is -2.29. The molecule has 1 heterocycles. The normalized spacial score (nSPS) is 11.8. The van der Waals surface area contributed by atoms with Gasteiger partial charge in [0.1, 0.15) is 0 Å². The van der Waals surface area contributed by atoms with E-state index in [1.807, 2.05) is 5.43 Å². The van der Waals surface area contributed by atoms with Crippen molar-refractivity contribution in [3.63, 3.8) is 0 Å². The van der Waals surface area contributed by atoms with Gasteiger partial charge in [0.15, 0.2) is 5.69 Å². The Kier molecular flexibility index (Phi) is 4.83. The molecule has 0 fully saturated rings. The van der Waals surface area contributed by atoms with Crippen LogP contribution in [0.5, 0.6) is 0 Å². The van der Waals surface area contributed by atoms with Gasteiger partial charge in [0.25, 0.3) is 5.91 Å². The largest absolute Gasteiger partial charge is 0.416 e. The van der Waals surface area contributed by atoms with Gasteiger partial charge < -0.3 is 0 Å². The summed E-state index contributed by atoms with van der Waals surface area (Å²) in [7, 11) is 0. The van der Waals surface area contributed by atoms with E-state index in [4.69, 9.17) is 29.0 Å². The van der Waals surface area contributed by atoms with Gasteiger partial charge in [-0.1, -0.05) is 29.3 Å². The number of carbonyl (C=O) groups is 1. The van der Waals surface area contributed by atoms with Crippen LogP contribution in [-0.4, -0.2) is 15.7 Å². The Morgan fingerprint density at radius 2 is 1.92 bits per heavy atom. The standard InChI is InChI=1S/C16H11Cl2F3N4O/c17-10-3-1-8(12(18)6-10)7-25-13-5-9(16(19,20)21)2-4-11(13)14(24-25)15(26)23-22/h1-6H,7,22H2,(H,23,26). The molecule has 0 saturated carbocycles. The number of nitrogen functional groups attached to an aromatic ring is 1. The third-order valence-corrected chi connectivity index (χ3v) is 4.35. The Bertz CT molecular complexity index is 1000. The lowest BCUT2D eigenvalue weighted by atomic mass is 10.1. The average Bonchev–Trinajstić information content (AvgIpc) is 2.94. The SMILES string of the molecule is NNC(=O)c1nn(Cc2ccc(Cl)cc2Cl)c2cc(C(F)(F)F)ccc12. The Labute approximate surface area is 155 Å². The predicted molar refractivity (Wildman–Crippen MR) is 92.0 cm³/mol. The second-order valence-corrected chi connectivity index (χ2v) is 6.29. The molecule has 0 aliphatic heterocycles. The van der Waals surface area contributed by atoms with Crippen LogP contribution < -0.4 is 11.3 Å². The highest BCUT2D eigenvalue weighted by Crippen LogP contribution is 2.33. The smallest absolute Gasteiger partial charge is 0.289 e. The maximum absolute atomic E-state index is 13.0. The Balaban J connectivity index is 2.17. The van der Waals surface area contributed by atoms with Gasteiger partial charge in [-0.05, 0) is 35.9 Å². The molecule has 3 aromatic rings. The fraction of sp³-hybridized carbons (Fsp3) is 0.125. The third-order valence-electron chi connectivity index (χ3n) is 3.76. The molecule has 26 heavy (non-hydrogen) atoms. The summed E-state index contributed by atoms with van der Waals surface area (Å²) >= 11 is 12.0. The molecule has 5 nitrogen and oxygen atoms in total. The van der Waals surface area contributed by atoms with E-state index in [2.05, 4.69) is 5.10 Å². The lowest BCUT2D eigenvalue weighted by Gasteiger charge is -2.09. The fourth-order valence-corrected chi connectivity index (χ4v) is 2.99. The number of amides is 1. The summed E-state index contributed by atoms with van der Waals surface area (Å²) in [6.07, 6.45) is -4.53. The lowest BCUT2D eigenvalue weighted by Crippen LogP contribution is -2.30. The summed E-state index contributed by atoms with van der Waals surface area (Å²) in [4.78, 5) is 11.9. The van der Waals surface area contributed by atoms with Gasteiger partial charge in [0.2, 0.25) is 0 Å². The monoisotopic (exact) mass is 402 g/mol. The molecule has 0 saturated heterocycles. The highest BCUT2D eigenvalue weighted by molar-refractivity contribution is 6.35. The number of halogens is 5. The van der Waals surface area contributed by atoms with Crippen molar-refractivity contribution in [2.45, 2.75) is 12.7 Å². The van der Waals surface area contributed by atoms with Crippen LogP contribution in [0.1, 0.15) is 21.6 Å². The number of aromatic nitrogens is 2. The highest BCUT2D eigenvalue weighted by Gasteiger charge is 2.31. The molecule has 2 aromatic carbocycles. The van der Waals surface area contributed by atoms with E-state index in [-0.39, 0.29) is 23.1 Å². The van der Waals surface area contributed by atoms with Crippen molar-refractivity contribution in [1.29, 1.82) is 0 Å². The number of benzene rings is 2. The van der Waals surface area contributed by atoms with E-state index in [9.17, 15) is 18.0 Å². The number of nitrogens with two attached hydrogens (primary N) is 1. The molecule has 0 aliphatic rings. The predicted octanol–water partition coefficient (Wildman–Crippen LogP) is 4.01. The second-order valence-electron chi connectivity index (χ2n) is 5.45. The second kappa shape index (κ2) is 6.79. The Morgan fingerprint density at radius 1 is 1.19 bits per heavy atom. The highest BCUT2D eigenvalue weighted by atomic mass is 35.5. The van der Waals surface area contributed by atoms with Gasteiger partial charge in [-0.25, -0.2) is 5.84 Å². The van der Waals surface area contributed by atoms with Gasteiger partial charge in [-0.3, -0.25) is 14.9 Å². The molecule has 0 atom stereocenters. The summed E-state index contributed by atoms with van der Waals surface area (Å²) in [6, 6.07) is 7.75. The first-order valence-electron chi connectivity index (χ1n) is 7.23. The van der Waals surface area contributed by atoms with Crippen LogP contribution in [0.15, 0.2) is 36.4 Å². The molecule has 0 spiro atoms. The minimum Gasteiger partial charge on any atom is -0.289 e. The summed E-state index contributed by atoms with van der Waals surface area (Å²) in [5, 5.41) is 5.10. The minimum absolute atomic E-state index is 0.0473. The first kappa shape index (κ1) is 18.5. The van der Waals surface area contributed by atoms with E-state index >= 15 is 0 Å². The van der Waals surface area contributed by atoms with Crippen LogP contribution in [-0.2, 0) is 12.7 Å². The van der Waals surface area contributed by atoms with Crippen LogP contribution in [0.4, 0.5) is 13.2 Å².